The van der Waals surface area contributed by atoms with E-state index in [0.29, 0.717) is 12.3 Å². The van der Waals surface area contributed by atoms with Gasteiger partial charge in [-0.05, 0) is 32.2 Å². The van der Waals surface area contributed by atoms with E-state index < -0.39 is 10.8 Å². The third-order valence-electron chi connectivity index (χ3n) is 2.57. The Morgan fingerprint density at radius 3 is 2.53 bits per heavy atom. The summed E-state index contributed by atoms with van der Waals surface area (Å²) in [5.41, 5.74) is 5.32. The molecule has 1 aliphatic heterocycles. The highest BCUT2D eigenvalue weighted by Gasteiger charge is 2.18. The standard InChI is InChI=1S/C10H20N2O2S/c11-5-4-8-15(14)9-10(13)12-6-2-1-3-7-12/h1-9,11H2. The highest BCUT2D eigenvalue weighted by molar-refractivity contribution is 7.85. The Hall–Kier alpha value is -0.420. The fourth-order valence-electron chi connectivity index (χ4n) is 1.69. The van der Waals surface area contributed by atoms with Gasteiger partial charge in [0.1, 0.15) is 5.75 Å². The number of carbonyl (C=O) groups excluding carboxylic acids is 1. The smallest absolute Gasteiger partial charge is 0.235 e. The Morgan fingerprint density at radius 1 is 1.27 bits per heavy atom. The van der Waals surface area contributed by atoms with Crippen molar-refractivity contribution in [3.05, 3.63) is 0 Å². The van der Waals surface area contributed by atoms with Crippen LogP contribution in [0.25, 0.3) is 0 Å². The van der Waals surface area contributed by atoms with Gasteiger partial charge in [-0.3, -0.25) is 9.00 Å². The maximum atomic E-state index is 11.7. The van der Waals surface area contributed by atoms with Gasteiger partial charge in [-0.2, -0.15) is 0 Å². The minimum Gasteiger partial charge on any atom is -0.342 e. The Balaban J connectivity index is 2.24. The second kappa shape index (κ2) is 6.95. The average molecular weight is 232 g/mol. The first-order valence-corrected chi connectivity index (χ1v) is 7.05. The number of amides is 1. The molecule has 2 N–H and O–H groups in total. The summed E-state index contributed by atoms with van der Waals surface area (Å²) in [6, 6.07) is 0. The summed E-state index contributed by atoms with van der Waals surface area (Å²) in [5, 5.41) is 0. The van der Waals surface area contributed by atoms with E-state index >= 15 is 0 Å². The molecule has 4 nitrogen and oxygen atoms in total. The molecule has 5 heteroatoms. The van der Waals surface area contributed by atoms with Crippen LogP contribution in [0.5, 0.6) is 0 Å². The van der Waals surface area contributed by atoms with Crippen LogP contribution in [0.2, 0.25) is 0 Å². The summed E-state index contributed by atoms with van der Waals surface area (Å²) >= 11 is 0. The van der Waals surface area contributed by atoms with Crippen LogP contribution in [0.4, 0.5) is 0 Å². The van der Waals surface area contributed by atoms with E-state index in [4.69, 9.17) is 5.73 Å². The van der Waals surface area contributed by atoms with Gasteiger partial charge in [-0.15, -0.1) is 0 Å². The fourth-order valence-corrected chi connectivity index (χ4v) is 2.78. The first kappa shape index (κ1) is 12.6. The molecular formula is C10H20N2O2S. The number of rotatable bonds is 5. The van der Waals surface area contributed by atoms with Gasteiger partial charge in [0.15, 0.2) is 0 Å². The van der Waals surface area contributed by atoms with Crippen LogP contribution in [0.3, 0.4) is 0 Å². The summed E-state index contributed by atoms with van der Waals surface area (Å²) < 4.78 is 11.5. The Bertz CT molecular complexity index is 227. The van der Waals surface area contributed by atoms with E-state index in [-0.39, 0.29) is 11.7 Å². The molecule has 0 radical (unpaired) electrons. The average Bonchev–Trinajstić information content (AvgIpc) is 2.27. The summed E-state index contributed by atoms with van der Waals surface area (Å²) in [6.45, 7) is 2.23. The van der Waals surface area contributed by atoms with E-state index in [2.05, 4.69) is 0 Å². The van der Waals surface area contributed by atoms with Crippen LogP contribution >= 0.6 is 0 Å². The van der Waals surface area contributed by atoms with Gasteiger partial charge in [0.05, 0.1) is 0 Å². The van der Waals surface area contributed by atoms with Crippen molar-refractivity contribution in [2.24, 2.45) is 5.73 Å². The monoisotopic (exact) mass is 232 g/mol. The molecule has 0 aliphatic carbocycles. The van der Waals surface area contributed by atoms with Crippen LogP contribution in [-0.2, 0) is 15.6 Å². The molecule has 0 spiro atoms. The number of hydrogen-bond donors (Lipinski definition) is 1. The van der Waals surface area contributed by atoms with Crippen LogP contribution in [0, 0.1) is 0 Å². The van der Waals surface area contributed by atoms with Crippen molar-refractivity contribution in [1.29, 1.82) is 0 Å². The maximum absolute atomic E-state index is 11.7. The summed E-state index contributed by atoms with van der Waals surface area (Å²) in [4.78, 5) is 13.5. The molecule has 1 saturated heterocycles. The second-order valence-corrected chi connectivity index (χ2v) is 5.45. The van der Waals surface area contributed by atoms with Crippen molar-refractivity contribution in [3.63, 3.8) is 0 Å². The molecule has 1 unspecified atom stereocenters. The Morgan fingerprint density at radius 2 is 1.93 bits per heavy atom. The van der Waals surface area contributed by atoms with Crippen LogP contribution in [0.1, 0.15) is 25.7 Å². The lowest BCUT2D eigenvalue weighted by Crippen LogP contribution is -2.38. The van der Waals surface area contributed by atoms with Gasteiger partial charge in [0.2, 0.25) is 5.91 Å². The lowest BCUT2D eigenvalue weighted by atomic mass is 10.1. The van der Waals surface area contributed by atoms with E-state index in [0.717, 1.165) is 32.4 Å². The number of carbonyl (C=O) groups is 1. The summed E-state index contributed by atoms with van der Waals surface area (Å²) in [7, 11) is -1.02. The first-order valence-electron chi connectivity index (χ1n) is 5.57. The van der Waals surface area contributed by atoms with Crippen LogP contribution in [-0.4, -0.2) is 46.2 Å². The SMILES string of the molecule is NCCCS(=O)CC(=O)N1CCCCC1. The van der Waals surface area contributed by atoms with E-state index in [1.165, 1.54) is 6.42 Å². The molecule has 0 aromatic rings. The van der Waals surface area contributed by atoms with Crippen LogP contribution < -0.4 is 5.73 Å². The minimum absolute atomic E-state index is 0.0463. The summed E-state index contributed by atoms with van der Waals surface area (Å²) in [6.07, 6.45) is 4.11. The van der Waals surface area contributed by atoms with Gasteiger partial charge in [-0.1, -0.05) is 0 Å². The normalized spacial score (nSPS) is 18.9. The summed E-state index contributed by atoms with van der Waals surface area (Å²) in [5.74, 6) is 0.779. The Labute approximate surface area is 93.7 Å². The number of likely N-dealkylation sites (tertiary alicyclic amines) is 1. The first-order chi connectivity index (χ1) is 7.24. The van der Waals surface area contributed by atoms with Gasteiger partial charge < -0.3 is 10.6 Å². The highest BCUT2D eigenvalue weighted by Crippen LogP contribution is 2.09. The molecule has 0 aromatic heterocycles. The van der Waals surface area contributed by atoms with Crippen molar-refractivity contribution in [3.8, 4) is 0 Å². The predicted molar refractivity (Wildman–Crippen MR) is 62.0 cm³/mol. The highest BCUT2D eigenvalue weighted by atomic mass is 32.2. The van der Waals surface area contributed by atoms with Gasteiger partial charge in [0, 0.05) is 29.6 Å². The van der Waals surface area contributed by atoms with Crippen molar-refractivity contribution in [2.45, 2.75) is 25.7 Å². The predicted octanol–water partition coefficient (Wildman–Crippen LogP) is 0.0964. The lowest BCUT2D eigenvalue weighted by Gasteiger charge is -2.26. The topological polar surface area (TPSA) is 63.4 Å². The van der Waals surface area contributed by atoms with Crippen molar-refractivity contribution in [1.82, 2.24) is 4.90 Å². The third kappa shape index (κ3) is 4.75. The molecule has 1 rings (SSSR count). The molecule has 1 atom stereocenters. The number of piperidine rings is 1. The Kier molecular flexibility index (Phi) is 5.86. The van der Waals surface area contributed by atoms with E-state index in [1.54, 1.807) is 0 Å². The third-order valence-corrected chi connectivity index (χ3v) is 3.88. The fraction of sp³-hybridized carbons (Fsp3) is 0.900. The van der Waals surface area contributed by atoms with Crippen molar-refractivity contribution < 1.29 is 9.00 Å². The number of nitrogens with two attached hydrogens (primary N) is 1. The zero-order valence-corrected chi connectivity index (χ0v) is 9.93. The molecule has 1 aliphatic rings. The molecule has 1 amide bonds. The van der Waals surface area contributed by atoms with Gasteiger partial charge in [-0.25, -0.2) is 0 Å². The van der Waals surface area contributed by atoms with Crippen molar-refractivity contribution >= 4 is 16.7 Å². The zero-order chi connectivity index (χ0) is 11.1. The second-order valence-electron chi connectivity index (χ2n) is 3.87. The maximum Gasteiger partial charge on any atom is 0.235 e. The molecule has 1 fully saturated rings. The molecule has 1 heterocycles. The number of hydrogen-bond acceptors (Lipinski definition) is 3. The quantitative estimate of drug-likeness (QED) is 0.731. The van der Waals surface area contributed by atoms with Crippen molar-refractivity contribution in [2.75, 3.05) is 31.1 Å². The zero-order valence-electron chi connectivity index (χ0n) is 9.11. The lowest BCUT2D eigenvalue weighted by molar-refractivity contribution is -0.129. The van der Waals surface area contributed by atoms with Crippen LogP contribution in [0.15, 0.2) is 0 Å². The van der Waals surface area contributed by atoms with Gasteiger partial charge >= 0.3 is 0 Å². The van der Waals surface area contributed by atoms with E-state index in [9.17, 15) is 9.00 Å². The number of nitrogens with zero attached hydrogens (tertiary/aromatic N) is 1. The van der Waals surface area contributed by atoms with Gasteiger partial charge in [0.25, 0.3) is 0 Å². The largest absolute Gasteiger partial charge is 0.342 e. The molecule has 0 bridgehead atoms. The van der Waals surface area contributed by atoms with E-state index in [1.807, 2.05) is 4.90 Å². The minimum atomic E-state index is -1.02. The molecular weight excluding hydrogens is 212 g/mol. The molecule has 0 aromatic carbocycles. The molecule has 88 valence electrons. The molecule has 0 saturated carbocycles. The molecule has 15 heavy (non-hydrogen) atoms.